The number of hydrogen-bond acceptors (Lipinski definition) is 3. The van der Waals surface area contributed by atoms with Crippen molar-refractivity contribution in [3.05, 3.63) is 12.7 Å². The van der Waals surface area contributed by atoms with E-state index >= 15 is 0 Å². The first kappa shape index (κ1) is 18.5. The number of rotatable bonds is 2. The molecule has 4 aliphatic carbocycles. The van der Waals surface area contributed by atoms with Gasteiger partial charge in [0.25, 0.3) is 0 Å². The van der Waals surface area contributed by atoms with E-state index in [-0.39, 0.29) is 17.5 Å². The zero-order chi connectivity index (χ0) is 18.7. The first-order valence-corrected chi connectivity index (χ1v) is 10.8. The lowest BCUT2D eigenvalue weighted by atomic mass is 9.44. The zero-order valence-corrected chi connectivity index (χ0v) is 16.8. The fraction of sp³-hybridized carbons (Fsp3) is 0.870. The average molecular weight is 361 g/mol. The first-order chi connectivity index (χ1) is 12.2. The average Bonchev–Trinajstić information content (AvgIpc) is 2.87. The quantitative estimate of drug-likeness (QED) is 0.564. The molecular formula is C23H36O3. The molecule has 0 aromatic rings. The number of ether oxygens (including phenoxy) is 1. The molecule has 0 bridgehead atoms. The Morgan fingerprint density at radius 3 is 2.50 bits per heavy atom. The standard InChI is InChI=1S/C23H36O3/c1-5-23(25)13-10-20-18-7-6-16-14-17(26-15(2)24)8-11-21(16,3)19(18)9-12-22(20,23)4/h5,16-20,25H,1,6-14H2,2-4H3/t16-,17-,18-,19+,20+,21+,22+,23-/m1/s1. The summed E-state index contributed by atoms with van der Waals surface area (Å²) in [7, 11) is 0. The molecule has 0 radical (unpaired) electrons. The molecule has 4 aliphatic rings. The van der Waals surface area contributed by atoms with Crippen molar-refractivity contribution in [1.29, 1.82) is 0 Å². The summed E-state index contributed by atoms with van der Waals surface area (Å²) in [6.45, 7) is 10.4. The molecule has 3 heteroatoms. The number of aliphatic hydroxyl groups is 1. The maximum Gasteiger partial charge on any atom is 0.302 e. The van der Waals surface area contributed by atoms with E-state index in [2.05, 4.69) is 20.4 Å². The van der Waals surface area contributed by atoms with Crippen molar-refractivity contribution in [2.75, 3.05) is 0 Å². The summed E-state index contributed by atoms with van der Waals surface area (Å²) in [6.07, 6.45) is 12.2. The van der Waals surface area contributed by atoms with Crippen molar-refractivity contribution in [3.63, 3.8) is 0 Å². The summed E-state index contributed by atoms with van der Waals surface area (Å²) < 4.78 is 5.57. The van der Waals surface area contributed by atoms with Gasteiger partial charge in [-0.15, -0.1) is 6.58 Å². The Morgan fingerprint density at radius 1 is 1.08 bits per heavy atom. The molecule has 4 fully saturated rings. The molecule has 4 rings (SSSR count). The van der Waals surface area contributed by atoms with Gasteiger partial charge in [-0.3, -0.25) is 4.79 Å². The predicted octanol–water partition coefficient (Wildman–Crippen LogP) is 4.88. The second-order valence-electron chi connectivity index (χ2n) is 10.3. The third kappa shape index (κ3) is 2.45. The van der Waals surface area contributed by atoms with Crippen LogP contribution in [0.1, 0.15) is 78.6 Å². The fourth-order valence-corrected chi connectivity index (χ4v) is 7.95. The Bertz CT molecular complexity index is 600. The van der Waals surface area contributed by atoms with Gasteiger partial charge in [-0.1, -0.05) is 19.9 Å². The first-order valence-electron chi connectivity index (χ1n) is 10.8. The number of carbonyl (C=O) groups is 1. The maximum atomic E-state index is 11.4. The molecule has 0 saturated heterocycles. The van der Waals surface area contributed by atoms with Gasteiger partial charge < -0.3 is 9.84 Å². The molecule has 0 unspecified atom stereocenters. The van der Waals surface area contributed by atoms with Gasteiger partial charge in [0.05, 0.1) is 5.60 Å². The second kappa shape index (κ2) is 6.09. The summed E-state index contributed by atoms with van der Waals surface area (Å²) in [5.41, 5.74) is -0.281. The van der Waals surface area contributed by atoms with Crippen LogP contribution in [0.25, 0.3) is 0 Å². The van der Waals surface area contributed by atoms with Gasteiger partial charge in [0.1, 0.15) is 6.10 Å². The number of esters is 1. The van der Waals surface area contributed by atoms with Crippen molar-refractivity contribution in [1.82, 2.24) is 0 Å². The van der Waals surface area contributed by atoms with Gasteiger partial charge in [0, 0.05) is 12.3 Å². The van der Waals surface area contributed by atoms with Gasteiger partial charge in [0.15, 0.2) is 0 Å². The van der Waals surface area contributed by atoms with Crippen LogP contribution >= 0.6 is 0 Å². The van der Waals surface area contributed by atoms with E-state index < -0.39 is 5.60 Å². The summed E-state index contributed by atoms with van der Waals surface area (Å²) in [5.74, 6) is 2.70. The minimum atomic E-state index is -0.673. The Kier molecular flexibility index (Phi) is 4.34. The molecule has 3 nitrogen and oxygen atoms in total. The van der Waals surface area contributed by atoms with Crippen LogP contribution in [0.4, 0.5) is 0 Å². The van der Waals surface area contributed by atoms with Crippen LogP contribution in [0.3, 0.4) is 0 Å². The smallest absolute Gasteiger partial charge is 0.302 e. The lowest BCUT2D eigenvalue weighted by molar-refractivity contribution is -0.164. The Labute approximate surface area is 158 Å². The Morgan fingerprint density at radius 2 is 1.81 bits per heavy atom. The number of fused-ring (bicyclic) bond motifs is 5. The molecular weight excluding hydrogens is 324 g/mol. The molecule has 4 saturated carbocycles. The minimum absolute atomic E-state index is 0.00799. The number of hydrogen-bond donors (Lipinski definition) is 1. The van der Waals surface area contributed by atoms with Crippen LogP contribution < -0.4 is 0 Å². The summed E-state index contributed by atoms with van der Waals surface area (Å²) in [5, 5.41) is 11.2. The summed E-state index contributed by atoms with van der Waals surface area (Å²) in [4.78, 5) is 11.4. The van der Waals surface area contributed by atoms with Crippen LogP contribution in [0, 0.1) is 34.5 Å². The van der Waals surface area contributed by atoms with Crippen LogP contribution in [-0.4, -0.2) is 22.8 Å². The van der Waals surface area contributed by atoms with Crippen molar-refractivity contribution in [2.45, 2.75) is 90.3 Å². The van der Waals surface area contributed by atoms with Crippen molar-refractivity contribution >= 4 is 5.97 Å². The van der Waals surface area contributed by atoms with Crippen molar-refractivity contribution < 1.29 is 14.6 Å². The molecule has 0 amide bonds. The third-order valence-corrected chi connectivity index (χ3v) is 9.50. The Balaban J connectivity index is 1.56. The van der Waals surface area contributed by atoms with E-state index in [9.17, 15) is 9.90 Å². The maximum absolute atomic E-state index is 11.4. The topological polar surface area (TPSA) is 46.5 Å². The van der Waals surface area contributed by atoms with Crippen LogP contribution in [0.2, 0.25) is 0 Å². The normalized spacial score (nSPS) is 53.2. The zero-order valence-electron chi connectivity index (χ0n) is 16.8. The highest BCUT2D eigenvalue weighted by atomic mass is 16.5. The van der Waals surface area contributed by atoms with Crippen molar-refractivity contribution in [3.8, 4) is 0 Å². The van der Waals surface area contributed by atoms with E-state index in [1.807, 2.05) is 6.08 Å². The second-order valence-corrected chi connectivity index (χ2v) is 10.3. The molecule has 26 heavy (non-hydrogen) atoms. The molecule has 146 valence electrons. The molecule has 0 aromatic heterocycles. The summed E-state index contributed by atoms with van der Waals surface area (Å²) >= 11 is 0. The molecule has 8 atom stereocenters. The monoisotopic (exact) mass is 360 g/mol. The minimum Gasteiger partial charge on any atom is -0.463 e. The largest absolute Gasteiger partial charge is 0.463 e. The van der Waals surface area contributed by atoms with E-state index in [0.717, 1.165) is 43.9 Å². The van der Waals surface area contributed by atoms with E-state index in [0.29, 0.717) is 17.3 Å². The van der Waals surface area contributed by atoms with Gasteiger partial charge in [-0.25, -0.2) is 0 Å². The van der Waals surface area contributed by atoms with E-state index in [4.69, 9.17) is 4.74 Å². The molecule has 1 N–H and O–H groups in total. The molecule has 0 aromatic carbocycles. The van der Waals surface area contributed by atoms with Gasteiger partial charge in [0.2, 0.25) is 0 Å². The highest BCUT2D eigenvalue weighted by molar-refractivity contribution is 5.66. The van der Waals surface area contributed by atoms with E-state index in [1.54, 1.807) is 0 Å². The van der Waals surface area contributed by atoms with Crippen LogP contribution in [0.15, 0.2) is 12.7 Å². The van der Waals surface area contributed by atoms with Crippen molar-refractivity contribution in [2.24, 2.45) is 34.5 Å². The summed E-state index contributed by atoms with van der Waals surface area (Å²) in [6, 6.07) is 0. The molecule has 0 spiro atoms. The third-order valence-electron chi connectivity index (χ3n) is 9.50. The fourth-order valence-electron chi connectivity index (χ4n) is 7.95. The van der Waals surface area contributed by atoms with Gasteiger partial charge in [-0.05, 0) is 86.9 Å². The predicted molar refractivity (Wildman–Crippen MR) is 102 cm³/mol. The molecule has 0 aliphatic heterocycles. The highest BCUT2D eigenvalue weighted by Gasteiger charge is 2.63. The van der Waals surface area contributed by atoms with Gasteiger partial charge in [-0.2, -0.15) is 0 Å². The Hall–Kier alpha value is -0.830. The van der Waals surface area contributed by atoms with E-state index in [1.165, 1.54) is 32.6 Å². The van der Waals surface area contributed by atoms with Gasteiger partial charge >= 0.3 is 5.97 Å². The van der Waals surface area contributed by atoms with Crippen LogP contribution in [-0.2, 0) is 9.53 Å². The lowest BCUT2D eigenvalue weighted by Gasteiger charge is -2.61. The highest BCUT2D eigenvalue weighted by Crippen LogP contribution is 2.68. The SMILES string of the molecule is C=C[C@@]1(O)CC[C@H]2[C@@H]3CC[C@@H]4C[C@H](OC(C)=O)CC[C@]4(C)[C@H]3CC[C@@]21C. The van der Waals surface area contributed by atoms with Crippen LogP contribution in [0.5, 0.6) is 0 Å². The lowest BCUT2D eigenvalue weighted by Crippen LogP contribution is -2.56. The molecule has 0 heterocycles. The number of carbonyl (C=O) groups excluding carboxylic acids is 1.